The molecule has 154 valence electrons. The molecule has 0 saturated heterocycles. The lowest BCUT2D eigenvalue weighted by Crippen LogP contribution is -2.64. The van der Waals surface area contributed by atoms with E-state index in [-0.39, 0.29) is 16.9 Å². The number of amides is 4. The third-order valence-corrected chi connectivity index (χ3v) is 4.80. The van der Waals surface area contributed by atoms with Gasteiger partial charge in [-0.1, -0.05) is 0 Å². The van der Waals surface area contributed by atoms with E-state index in [9.17, 15) is 29.5 Å². The van der Waals surface area contributed by atoms with Crippen molar-refractivity contribution in [3.05, 3.63) is 23.8 Å². The van der Waals surface area contributed by atoms with Crippen LogP contribution in [0.1, 0.15) is 47.1 Å². The van der Waals surface area contributed by atoms with E-state index in [2.05, 4.69) is 0 Å². The Morgan fingerprint density at radius 3 is 2.14 bits per heavy atom. The number of anilines is 2. The number of hydrogen-bond donors (Lipinski definition) is 1. The van der Waals surface area contributed by atoms with Gasteiger partial charge in [0.1, 0.15) is 6.04 Å². The summed E-state index contributed by atoms with van der Waals surface area (Å²) in [6.07, 6.45) is -1.35. The molecule has 0 aromatic heterocycles. The van der Waals surface area contributed by atoms with E-state index in [0.29, 0.717) is 0 Å². The summed E-state index contributed by atoms with van der Waals surface area (Å²) in [5, 5.41) is 19.1. The summed E-state index contributed by atoms with van der Waals surface area (Å²) < 4.78 is 0. The van der Waals surface area contributed by atoms with Crippen molar-refractivity contribution in [1.29, 1.82) is 5.26 Å². The number of rotatable bonds is 1. The maximum atomic E-state index is 13.5. The fraction of sp³-hybridized carbons (Fsp3) is 0.450. The SMILES string of the molecule is CC(=O)N1C(=O)[C@@H](N(C(=O)O)C(C)(C)C)[C@H](C)N(C(C)=O)c2cc(C#N)ccc21. The van der Waals surface area contributed by atoms with Crippen LogP contribution in [0.25, 0.3) is 0 Å². The maximum absolute atomic E-state index is 13.5. The first kappa shape index (κ1) is 21.9. The molecular weight excluding hydrogens is 376 g/mol. The lowest BCUT2D eigenvalue weighted by Gasteiger charge is -2.43. The van der Waals surface area contributed by atoms with Gasteiger partial charge >= 0.3 is 6.09 Å². The van der Waals surface area contributed by atoms with E-state index in [1.54, 1.807) is 27.7 Å². The first-order valence-corrected chi connectivity index (χ1v) is 9.03. The molecule has 1 aromatic carbocycles. The van der Waals surface area contributed by atoms with E-state index in [0.717, 1.165) is 9.80 Å². The van der Waals surface area contributed by atoms with Crippen molar-refractivity contribution in [2.24, 2.45) is 0 Å². The van der Waals surface area contributed by atoms with Crippen LogP contribution in [-0.2, 0) is 14.4 Å². The summed E-state index contributed by atoms with van der Waals surface area (Å²) >= 11 is 0. The summed E-state index contributed by atoms with van der Waals surface area (Å²) in [5.41, 5.74) is -0.415. The molecule has 1 aliphatic rings. The monoisotopic (exact) mass is 400 g/mol. The van der Waals surface area contributed by atoms with Gasteiger partial charge in [0.05, 0.1) is 29.0 Å². The van der Waals surface area contributed by atoms with Gasteiger partial charge in [0.2, 0.25) is 11.8 Å². The van der Waals surface area contributed by atoms with Crippen LogP contribution < -0.4 is 9.80 Å². The molecule has 4 amide bonds. The highest BCUT2D eigenvalue weighted by Gasteiger charge is 2.49. The van der Waals surface area contributed by atoms with Gasteiger partial charge in [-0.05, 0) is 45.9 Å². The fourth-order valence-electron chi connectivity index (χ4n) is 3.72. The third-order valence-electron chi connectivity index (χ3n) is 4.80. The summed E-state index contributed by atoms with van der Waals surface area (Å²) in [6.45, 7) is 8.91. The number of imide groups is 1. The van der Waals surface area contributed by atoms with Crippen LogP contribution in [-0.4, -0.2) is 51.4 Å². The van der Waals surface area contributed by atoms with Gasteiger partial charge in [0, 0.05) is 19.4 Å². The zero-order valence-corrected chi connectivity index (χ0v) is 17.3. The normalized spacial score (nSPS) is 19.1. The van der Waals surface area contributed by atoms with Crippen LogP contribution in [0.2, 0.25) is 0 Å². The zero-order chi connectivity index (χ0) is 22.3. The largest absolute Gasteiger partial charge is 0.465 e. The number of nitriles is 1. The van der Waals surface area contributed by atoms with E-state index >= 15 is 0 Å². The number of carboxylic acid groups (broad SMARTS) is 1. The van der Waals surface area contributed by atoms with Crippen molar-refractivity contribution < 1.29 is 24.3 Å². The molecular formula is C20H24N4O5. The Hall–Kier alpha value is -3.41. The second kappa shape index (κ2) is 7.54. The van der Waals surface area contributed by atoms with Gasteiger partial charge in [0.25, 0.3) is 5.91 Å². The molecule has 0 radical (unpaired) electrons. The van der Waals surface area contributed by atoms with Crippen molar-refractivity contribution in [3.8, 4) is 6.07 Å². The maximum Gasteiger partial charge on any atom is 0.408 e. The minimum Gasteiger partial charge on any atom is -0.465 e. The van der Waals surface area contributed by atoms with Crippen LogP contribution in [0, 0.1) is 11.3 Å². The van der Waals surface area contributed by atoms with Gasteiger partial charge in [-0.3, -0.25) is 19.3 Å². The van der Waals surface area contributed by atoms with Crippen LogP contribution >= 0.6 is 0 Å². The van der Waals surface area contributed by atoms with Crippen LogP contribution in [0.5, 0.6) is 0 Å². The first-order valence-electron chi connectivity index (χ1n) is 9.03. The van der Waals surface area contributed by atoms with Gasteiger partial charge < -0.3 is 10.0 Å². The van der Waals surface area contributed by atoms with E-state index in [1.807, 2.05) is 6.07 Å². The molecule has 0 bridgehead atoms. The van der Waals surface area contributed by atoms with E-state index in [4.69, 9.17) is 0 Å². The summed E-state index contributed by atoms with van der Waals surface area (Å²) in [4.78, 5) is 53.7. The first-order chi connectivity index (χ1) is 13.3. The molecule has 0 aliphatic carbocycles. The second-order valence-corrected chi connectivity index (χ2v) is 7.91. The molecule has 2 atom stereocenters. The number of fused-ring (bicyclic) bond motifs is 1. The van der Waals surface area contributed by atoms with Gasteiger partial charge in [-0.15, -0.1) is 0 Å². The Bertz CT molecular complexity index is 928. The van der Waals surface area contributed by atoms with Crippen LogP contribution in [0.15, 0.2) is 18.2 Å². The molecule has 0 saturated carbocycles. The molecule has 1 heterocycles. The summed E-state index contributed by atoms with van der Waals surface area (Å²) in [6, 6.07) is 3.98. The average molecular weight is 400 g/mol. The van der Waals surface area contributed by atoms with Crippen molar-refractivity contribution in [3.63, 3.8) is 0 Å². The number of hydrogen-bond acceptors (Lipinski definition) is 5. The number of benzene rings is 1. The Morgan fingerprint density at radius 2 is 1.72 bits per heavy atom. The predicted molar refractivity (Wildman–Crippen MR) is 105 cm³/mol. The average Bonchev–Trinajstić information content (AvgIpc) is 2.66. The number of nitrogens with zero attached hydrogens (tertiary/aromatic N) is 4. The number of carbonyl (C=O) groups excluding carboxylic acids is 3. The standard InChI is InChI=1S/C20H24N4O5/c1-11-17(24(19(28)29)20(4,5)6)18(27)23(13(3)26)15-8-7-14(10-21)9-16(15)22(11)12(2)25/h7-9,11,17H,1-6H3,(H,28,29)/t11-,17-/m0/s1. The highest BCUT2D eigenvalue weighted by molar-refractivity contribution is 6.20. The lowest BCUT2D eigenvalue weighted by atomic mass is 9.97. The van der Waals surface area contributed by atoms with Gasteiger partial charge in [-0.25, -0.2) is 9.69 Å². The molecule has 0 fully saturated rings. The summed E-state index contributed by atoms with van der Waals surface area (Å²) in [5.74, 6) is -1.82. The van der Waals surface area contributed by atoms with Gasteiger partial charge in [0.15, 0.2) is 0 Å². The lowest BCUT2D eigenvalue weighted by molar-refractivity contribution is -0.130. The Kier molecular flexibility index (Phi) is 5.69. The highest BCUT2D eigenvalue weighted by Crippen LogP contribution is 2.38. The smallest absolute Gasteiger partial charge is 0.408 e. The number of carbonyl (C=O) groups is 4. The molecule has 2 rings (SSSR count). The molecule has 9 nitrogen and oxygen atoms in total. The second-order valence-electron chi connectivity index (χ2n) is 7.91. The van der Waals surface area contributed by atoms with E-state index in [1.165, 1.54) is 36.9 Å². The molecule has 1 aliphatic heterocycles. The Balaban J connectivity index is 2.88. The van der Waals surface area contributed by atoms with Crippen molar-refractivity contribution >= 4 is 35.2 Å². The van der Waals surface area contributed by atoms with Crippen molar-refractivity contribution in [1.82, 2.24) is 4.90 Å². The van der Waals surface area contributed by atoms with Crippen molar-refractivity contribution in [2.45, 2.75) is 59.2 Å². The zero-order valence-electron chi connectivity index (χ0n) is 17.3. The minimum atomic E-state index is -1.35. The van der Waals surface area contributed by atoms with Crippen molar-refractivity contribution in [2.75, 3.05) is 9.80 Å². The third kappa shape index (κ3) is 3.78. The molecule has 29 heavy (non-hydrogen) atoms. The van der Waals surface area contributed by atoms with Crippen LogP contribution in [0.4, 0.5) is 16.2 Å². The molecule has 1 N–H and O–H groups in total. The molecule has 1 aromatic rings. The topological polar surface area (TPSA) is 122 Å². The molecule has 0 unspecified atom stereocenters. The molecule has 9 heteroatoms. The quantitative estimate of drug-likeness (QED) is 0.772. The minimum absolute atomic E-state index is 0.130. The van der Waals surface area contributed by atoms with E-state index < -0.39 is 41.4 Å². The Labute approximate surface area is 169 Å². The Morgan fingerprint density at radius 1 is 1.14 bits per heavy atom. The predicted octanol–water partition coefficient (Wildman–Crippen LogP) is 2.34. The summed E-state index contributed by atoms with van der Waals surface area (Å²) in [7, 11) is 0. The highest BCUT2D eigenvalue weighted by atomic mass is 16.4. The molecule has 0 spiro atoms. The van der Waals surface area contributed by atoms with Crippen LogP contribution in [0.3, 0.4) is 0 Å². The fourth-order valence-corrected chi connectivity index (χ4v) is 3.72. The van der Waals surface area contributed by atoms with Gasteiger partial charge in [-0.2, -0.15) is 5.26 Å².